The van der Waals surface area contributed by atoms with Crippen molar-refractivity contribution in [2.45, 2.75) is 31.6 Å². The predicted octanol–water partition coefficient (Wildman–Crippen LogP) is 2.86. The Balaban J connectivity index is 1.48. The van der Waals surface area contributed by atoms with Crippen LogP contribution in [-0.4, -0.2) is 11.7 Å². The van der Waals surface area contributed by atoms with Gasteiger partial charge in [-0.05, 0) is 30.5 Å². The Morgan fingerprint density at radius 2 is 1.96 bits per heavy atom. The lowest BCUT2D eigenvalue weighted by atomic mass is 9.89. The van der Waals surface area contributed by atoms with Gasteiger partial charge in [-0.15, -0.1) is 0 Å². The molecule has 1 aliphatic carbocycles. The van der Waals surface area contributed by atoms with Crippen molar-refractivity contribution in [1.29, 1.82) is 0 Å². The second-order valence-electron chi connectivity index (χ2n) is 5.92. The molecular formula is C19H20N2O3. The normalized spacial score (nSPS) is 17.2. The molecule has 5 heteroatoms. The van der Waals surface area contributed by atoms with Gasteiger partial charge >= 0.3 is 0 Å². The summed E-state index contributed by atoms with van der Waals surface area (Å²) in [5.74, 6) is 0.739. The Morgan fingerprint density at radius 3 is 2.71 bits per heavy atom. The van der Waals surface area contributed by atoms with E-state index in [4.69, 9.17) is 4.42 Å². The number of carbonyl (C=O) groups excluding carboxylic acids is 2. The van der Waals surface area contributed by atoms with E-state index in [0.29, 0.717) is 31.4 Å². The number of aryl methyl sites for hydroxylation is 1. The zero-order valence-corrected chi connectivity index (χ0v) is 13.3. The maximum absolute atomic E-state index is 11.9. The van der Waals surface area contributed by atoms with Gasteiger partial charge in [-0.25, -0.2) is 0 Å². The molecule has 24 heavy (non-hydrogen) atoms. The number of benzene rings is 1. The number of furan rings is 1. The van der Waals surface area contributed by atoms with Crippen LogP contribution in [0.2, 0.25) is 0 Å². The Morgan fingerprint density at radius 1 is 1.12 bits per heavy atom. The summed E-state index contributed by atoms with van der Waals surface area (Å²) in [5.41, 5.74) is 7.38. The van der Waals surface area contributed by atoms with Crippen LogP contribution < -0.4 is 10.9 Å². The topological polar surface area (TPSA) is 71.3 Å². The molecule has 3 rings (SSSR count). The van der Waals surface area contributed by atoms with Crippen LogP contribution in [0.15, 0.2) is 64.9 Å². The first-order chi connectivity index (χ1) is 11.7. The average molecular weight is 324 g/mol. The van der Waals surface area contributed by atoms with Crippen molar-refractivity contribution in [3.8, 4) is 0 Å². The zero-order valence-electron chi connectivity index (χ0n) is 13.3. The summed E-state index contributed by atoms with van der Waals surface area (Å²) < 4.78 is 5.39. The van der Waals surface area contributed by atoms with Crippen LogP contribution in [0.3, 0.4) is 0 Å². The Bertz CT molecular complexity index is 720. The first-order valence-corrected chi connectivity index (χ1v) is 8.06. The molecular weight excluding hydrogens is 304 g/mol. The molecule has 1 atom stereocenters. The second kappa shape index (κ2) is 7.64. The van der Waals surface area contributed by atoms with E-state index in [-0.39, 0.29) is 17.6 Å². The number of nitrogens with one attached hydrogen (secondary N) is 2. The van der Waals surface area contributed by atoms with E-state index in [1.54, 1.807) is 12.3 Å². The Hall–Kier alpha value is -2.82. The number of hydrogen-bond acceptors (Lipinski definition) is 4. The molecule has 0 saturated heterocycles. The van der Waals surface area contributed by atoms with E-state index in [0.717, 1.165) is 11.3 Å². The number of ketones is 1. The van der Waals surface area contributed by atoms with Crippen LogP contribution in [0.5, 0.6) is 0 Å². The molecule has 0 unspecified atom stereocenters. The third-order valence-corrected chi connectivity index (χ3v) is 4.04. The van der Waals surface area contributed by atoms with E-state index in [1.165, 1.54) is 0 Å². The molecule has 0 saturated carbocycles. The predicted molar refractivity (Wildman–Crippen MR) is 89.8 cm³/mol. The van der Waals surface area contributed by atoms with Crippen molar-refractivity contribution in [2.24, 2.45) is 0 Å². The molecule has 1 aliphatic rings. The van der Waals surface area contributed by atoms with Crippen molar-refractivity contribution < 1.29 is 14.0 Å². The van der Waals surface area contributed by atoms with Crippen molar-refractivity contribution in [3.63, 3.8) is 0 Å². The third-order valence-electron chi connectivity index (χ3n) is 4.04. The summed E-state index contributed by atoms with van der Waals surface area (Å²) in [7, 11) is 0. The number of hydrogen-bond donors (Lipinski definition) is 2. The summed E-state index contributed by atoms with van der Waals surface area (Å²) >= 11 is 0. The highest BCUT2D eigenvalue weighted by Gasteiger charge is 2.24. The molecule has 0 bridgehead atoms. The van der Waals surface area contributed by atoms with Gasteiger partial charge in [-0.1, -0.05) is 30.3 Å². The van der Waals surface area contributed by atoms with Gasteiger partial charge in [-0.3, -0.25) is 15.0 Å². The number of rotatable bonds is 6. The average Bonchev–Trinajstić information content (AvgIpc) is 3.13. The monoisotopic (exact) mass is 324 g/mol. The summed E-state index contributed by atoms with van der Waals surface area (Å²) in [4.78, 5) is 23.8. The minimum atomic E-state index is -0.104. The smallest absolute Gasteiger partial charge is 0.238 e. The van der Waals surface area contributed by atoms with Gasteiger partial charge in [0.25, 0.3) is 0 Å². The lowest BCUT2D eigenvalue weighted by molar-refractivity contribution is -0.122. The third kappa shape index (κ3) is 4.35. The first-order valence-electron chi connectivity index (χ1n) is 8.06. The fourth-order valence-corrected chi connectivity index (χ4v) is 2.82. The quantitative estimate of drug-likeness (QED) is 0.802. The fraction of sp³-hybridized carbons (Fsp3) is 0.263. The molecule has 1 heterocycles. The molecule has 2 N–H and O–H groups in total. The molecule has 1 aromatic carbocycles. The van der Waals surface area contributed by atoms with Crippen molar-refractivity contribution in [3.05, 3.63) is 71.8 Å². The van der Waals surface area contributed by atoms with Crippen LogP contribution in [-0.2, 0) is 16.0 Å². The van der Waals surface area contributed by atoms with Crippen LogP contribution in [0.4, 0.5) is 0 Å². The number of hydrazine groups is 1. The van der Waals surface area contributed by atoms with Crippen LogP contribution in [0.1, 0.15) is 36.5 Å². The van der Waals surface area contributed by atoms with Crippen LogP contribution in [0.25, 0.3) is 0 Å². The SMILES string of the molecule is O=C1C=C(NNC(=O)CCc2ccccc2)C[C@@H](c2ccco2)C1. The molecule has 0 fully saturated rings. The molecule has 0 aliphatic heterocycles. The van der Waals surface area contributed by atoms with Gasteiger partial charge in [0.1, 0.15) is 5.76 Å². The largest absolute Gasteiger partial charge is 0.469 e. The van der Waals surface area contributed by atoms with E-state index < -0.39 is 0 Å². The van der Waals surface area contributed by atoms with Gasteiger partial charge < -0.3 is 9.84 Å². The van der Waals surface area contributed by atoms with E-state index in [9.17, 15) is 9.59 Å². The molecule has 124 valence electrons. The van der Waals surface area contributed by atoms with Crippen molar-refractivity contribution in [2.75, 3.05) is 0 Å². The highest BCUT2D eigenvalue weighted by atomic mass is 16.3. The summed E-state index contributed by atoms with van der Waals surface area (Å²) in [6, 6.07) is 13.6. The standard InChI is InChI=1S/C19H20N2O3/c22-17-12-15(18-7-4-10-24-18)11-16(13-17)20-21-19(23)9-8-14-5-2-1-3-6-14/h1-7,10,13,15,20H,8-9,11-12H2,(H,21,23)/t15-/m1/s1. The lowest BCUT2D eigenvalue weighted by Gasteiger charge is -2.21. The number of allylic oxidation sites excluding steroid dienone is 2. The van der Waals surface area contributed by atoms with Gasteiger partial charge in [0.2, 0.25) is 5.91 Å². The Kier molecular flexibility index (Phi) is 5.11. The van der Waals surface area contributed by atoms with Crippen LogP contribution >= 0.6 is 0 Å². The maximum atomic E-state index is 11.9. The molecule has 0 spiro atoms. The number of carbonyl (C=O) groups is 2. The minimum absolute atomic E-state index is 0.0150. The van der Waals surface area contributed by atoms with Crippen molar-refractivity contribution in [1.82, 2.24) is 10.9 Å². The van der Waals surface area contributed by atoms with Crippen LogP contribution in [0, 0.1) is 0 Å². The highest BCUT2D eigenvalue weighted by Crippen LogP contribution is 2.30. The molecule has 5 nitrogen and oxygen atoms in total. The zero-order chi connectivity index (χ0) is 16.8. The highest BCUT2D eigenvalue weighted by molar-refractivity contribution is 5.92. The molecule has 0 radical (unpaired) electrons. The molecule has 1 amide bonds. The molecule has 1 aromatic heterocycles. The van der Waals surface area contributed by atoms with Gasteiger partial charge in [-0.2, -0.15) is 0 Å². The summed E-state index contributed by atoms with van der Waals surface area (Å²) in [6.45, 7) is 0. The first kappa shape index (κ1) is 16.1. The lowest BCUT2D eigenvalue weighted by Crippen LogP contribution is -2.38. The summed E-state index contributed by atoms with van der Waals surface area (Å²) in [5, 5.41) is 0. The van der Waals surface area contributed by atoms with E-state index in [1.807, 2.05) is 42.5 Å². The fourth-order valence-electron chi connectivity index (χ4n) is 2.82. The van der Waals surface area contributed by atoms with Gasteiger partial charge in [0.15, 0.2) is 5.78 Å². The minimum Gasteiger partial charge on any atom is -0.469 e. The second-order valence-corrected chi connectivity index (χ2v) is 5.92. The van der Waals surface area contributed by atoms with Gasteiger partial charge in [0, 0.05) is 30.5 Å². The maximum Gasteiger partial charge on any atom is 0.238 e. The van der Waals surface area contributed by atoms with Crippen molar-refractivity contribution >= 4 is 11.7 Å². The van der Waals surface area contributed by atoms with E-state index >= 15 is 0 Å². The summed E-state index contributed by atoms with van der Waals surface area (Å²) in [6.07, 6.45) is 5.30. The Labute approximate surface area is 140 Å². The number of amides is 1. The van der Waals surface area contributed by atoms with E-state index in [2.05, 4.69) is 10.9 Å². The molecule has 2 aromatic rings. The van der Waals surface area contributed by atoms with Gasteiger partial charge in [0.05, 0.1) is 6.26 Å².